The Morgan fingerprint density at radius 1 is 0.593 bits per heavy atom. The Kier molecular flexibility index (Phi) is 37.2. The maximum atomic E-state index is 12.7. The standard InChI is InChI=1S/C45H78N2O7/c1-3-5-7-9-11-13-14-15-16-17-18-19-20-21-22-23-25-27-33-37-44(51)54-40(34-30-26-24-12-10-8-6-4-2)35-31-28-29-32-36-42(49)46-38-43(50)47-41(39-48)45(52)53/h6,8,12,15-16,24,30,34,40-41,48H,3-5,7,9-11,13-14,17-23,25-29,31-33,35-39H2,1-2H3,(H,46,49)(H,47,50)(H,52,53)/b8-6-,16-15-,24-12-,34-30-. The number of aliphatic hydroxyl groups excluding tert-OH is 1. The predicted octanol–water partition coefficient (Wildman–Crippen LogP) is 10.4. The summed E-state index contributed by atoms with van der Waals surface area (Å²) in [6.07, 6.45) is 46.0. The Morgan fingerprint density at radius 2 is 1.11 bits per heavy atom. The summed E-state index contributed by atoms with van der Waals surface area (Å²) < 4.78 is 5.88. The molecule has 54 heavy (non-hydrogen) atoms. The normalized spacial score (nSPS) is 12.9. The molecule has 0 aliphatic carbocycles. The SMILES string of the molecule is CC/C=C\C/C=C\C/C=C\C(CCCCCCC(=O)NCC(=O)NC(CO)C(=O)O)OC(=O)CCCCCCCCCCC/C=C\CCCCCCCC. The zero-order valence-corrected chi connectivity index (χ0v) is 34.2. The van der Waals surface area contributed by atoms with Crippen molar-refractivity contribution in [2.45, 2.75) is 199 Å². The van der Waals surface area contributed by atoms with Crippen molar-refractivity contribution in [3.8, 4) is 0 Å². The molecule has 0 saturated carbocycles. The van der Waals surface area contributed by atoms with E-state index in [4.69, 9.17) is 14.9 Å². The number of hydrogen-bond donors (Lipinski definition) is 4. The highest BCUT2D eigenvalue weighted by atomic mass is 16.5. The van der Waals surface area contributed by atoms with Crippen molar-refractivity contribution in [1.29, 1.82) is 0 Å². The third-order valence-corrected chi connectivity index (χ3v) is 9.29. The monoisotopic (exact) mass is 759 g/mol. The number of ether oxygens (including phenoxy) is 1. The van der Waals surface area contributed by atoms with Gasteiger partial charge in [-0.05, 0) is 76.7 Å². The quantitative estimate of drug-likeness (QED) is 0.0279. The maximum absolute atomic E-state index is 12.7. The Morgan fingerprint density at radius 3 is 1.69 bits per heavy atom. The van der Waals surface area contributed by atoms with E-state index in [0.717, 1.165) is 64.2 Å². The Labute approximate surface area is 328 Å². The number of carboxylic acid groups (broad SMARTS) is 1. The second-order valence-corrected chi connectivity index (χ2v) is 14.4. The molecule has 0 aromatic carbocycles. The van der Waals surface area contributed by atoms with Crippen LogP contribution in [0, 0.1) is 0 Å². The van der Waals surface area contributed by atoms with Crippen LogP contribution in [0.4, 0.5) is 0 Å². The second-order valence-electron chi connectivity index (χ2n) is 14.4. The molecule has 2 atom stereocenters. The van der Waals surface area contributed by atoms with E-state index in [1.54, 1.807) is 0 Å². The van der Waals surface area contributed by atoms with Crippen LogP contribution in [0.15, 0.2) is 48.6 Å². The van der Waals surface area contributed by atoms with Crippen molar-refractivity contribution in [2.24, 2.45) is 0 Å². The highest BCUT2D eigenvalue weighted by Gasteiger charge is 2.18. The Hall–Kier alpha value is -3.20. The van der Waals surface area contributed by atoms with Gasteiger partial charge in [0.05, 0.1) is 13.2 Å². The van der Waals surface area contributed by atoms with Crippen LogP contribution >= 0.6 is 0 Å². The van der Waals surface area contributed by atoms with Crippen LogP contribution in [0.1, 0.15) is 187 Å². The molecule has 310 valence electrons. The molecule has 0 radical (unpaired) electrons. The number of aliphatic hydroxyl groups is 1. The van der Waals surface area contributed by atoms with Crippen molar-refractivity contribution in [3.05, 3.63) is 48.6 Å². The predicted molar refractivity (Wildman–Crippen MR) is 222 cm³/mol. The number of amides is 2. The van der Waals surface area contributed by atoms with Gasteiger partial charge in [-0.2, -0.15) is 0 Å². The lowest BCUT2D eigenvalue weighted by Gasteiger charge is -2.15. The van der Waals surface area contributed by atoms with Crippen molar-refractivity contribution in [2.75, 3.05) is 13.2 Å². The molecular weight excluding hydrogens is 681 g/mol. The first-order valence-electron chi connectivity index (χ1n) is 21.5. The average molecular weight is 759 g/mol. The number of unbranched alkanes of at least 4 members (excludes halogenated alkanes) is 18. The largest absolute Gasteiger partial charge is 0.480 e. The van der Waals surface area contributed by atoms with E-state index in [-0.39, 0.29) is 30.9 Å². The molecule has 0 bridgehead atoms. The van der Waals surface area contributed by atoms with Crippen molar-refractivity contribution < 1.29 is 34.1 Å². The summed E-state index contributed by atoms with van der Waals surface area (Å²) >= 11 is 0. The molecular formula is C45H78N2O7. The number of aliphatic carboxylic acids is 1. The van der Waals surface area contributed by atoms with E-state index in [0.29, 0.717) is 12.8 Å². The van der Waals surface area contributed by atoms with E-state index >= 15 is 0 Å². The van der Waals surface area contributed by atoms with Gasteiger partial charge in [-0.1, -0.05) is 146 Å². The minimum Gasteiger partial charge on any atom is -0.480 e. The van der Waals surface area contributed by atoms with Crippen LogP contribution in [0.3, 0.4) is 0 Å². The molecule has 0 aromatic heterocycles. The first-order valence-corrected chi connectivity index (χ1v) is 21.5. The molecule has 0 rings (SSSR count). The molecule has 0 spiro atoms. The molecule has 2 unspecified atom stereocenters. The fourth-order valence-corrected chi connectivity index (χ4v) is 5.99. The molecule has 0 aliphatic heterocycles. The average Bonchev–Trinajstić information content (AvgIpc) is 3.15. The van der Waals surface area contributed by atoms with Crippen molar-refractivity contribution in [3.63, 3.8) is 0 Å². The smallest absolute Gasteiger partial charge is 0.328 e. The molecule has 9 nitrogen and oxygen atoms in total. The van der Waals surface area contributed by atoms with E-state index in [1.165, 1.54) is 89.9 Å². The third-order valence-electron chi connectivity index (χ3n) is 9.29. The van der Waals surface area contributed by atoms with Gasteiger partial charge >= 0.3 is 11.9 Å². The minimum atomic E-state index is -1.39. The fourth-order valence-electron chi connectivity index (χ4n) is 5.99. The first kappa shape index (κ1) is 50.8. The summed E-state index contributed by atoms with van der Waals surface area (Å²) in [7, 11) is 0. The van der Waals surface area contributed by atoms with Crippen molar-refractivity contribution >= 4 is 23.8 Å². The molecule has 0 aliphatic rings. The van der Waals surface area contributed by atoms with Gasteiger partial charge in [0.1, 0.15) is 12.1 Å². The molecule has 4 N–H and O–H groups in total. The van der Waals surface area contributed by atoms with Gasteiger partial charge in [0, 0.05) is 12.8 Å². The summed E-state index contributed by atoms with van der Waals surface area (Å²) in [6, 6.07) is -1.39. The lowest BCUT2D eigenvalue weighted by molar-refractivity contribution is -0.147. The summed E-state index contributed by atoms with van der Waals surface area (Å²) in [6.45, 7) is 3.32. The van der Waals surface area contributed by atoms with E-state index in [9.17, 15) is 19.2 Å². The number of hydrogen-bond acceptors (Lipinski definition) is 6. The number of carbonyl (C=O) groups excluding carboxylic acids is 3. The highest BCUT2D eigenvalue weighted by Crippen LogP contribution is 2.15. The number of nitrogens with one attached hydrogen (secondary N) is 2. The molecule has 0 aromatic rings. The van der Waals surface area contributed by atoms with Crippen LogP contribution in [0.25, 0.3) is 0 Å². The lowest BCUT2D eigenvalue weighted by Crippen LogP contribution is -2.47. The Bertz CT molecular complexity index is 1050. The van der Waals surface area contributed by atoms with Gasteiger partial charge in [0.2, 0.25) is 11.8 Å². The van der Waals surface area contributed by atoms with Crippen LogP contribution in [0.5, 0.6) is 0 Å². The first-order chi connectivity index (χ1) is 26.3. The molecule has 9 heteroatoms. The van der Waals surface area contributed by atoms with Crippen LogP contribution < -0.4 is 10.6 Å². The number of carbonyl (C=O) groups is 4. The highest BCUT2D eigenvalue weighted by molar-refractivity contribution is 5.87. The summed E-state index contributed by atoms with van der Waals surface area (Å²) in [5.74, 6) is -2.44. The zero-order valence-electron chi connectivity index (χ0n) is 34.2. The van der Waals surface area contributed by atoms with Gasteiger partial charge in [0.25, 0.3) is 0 Å². The van der Waals surface area contributed by atoms with E-state index in [2.05, 4.69) is 67.0 Å². The van der Waals surface area contributed by atoms with Gasteiger partial charge in [-0.3, -0.25) is 14.4 Å². The topological polar surface area (TPSA) is 142 Å². The summed E-state index contributed by atoms with van der Waals surface area (Å²) in [5, 5.41) is 22.5. The minimum absolute atomic E-state index is 0.139. The molecule has 0 heterocycles. The van der Waals surface area contributed by atoms with Crippen molar-refractivity contribution in [1.82, 2.24) is 10.6 Å². The van der Waals surface area contributed by atoms with Gasteiger partial charge < -0.3 is 25.6 Å². The number of allylic oxidation sites excluding steroid dienone is 7. The number of carboxylic acids is 1. The lowest BCUT2D eigenvalue weighted by atomic mass is 10.1. The zero-order chi connectivity index (χ0) is 39.7. The van der Waals surface area contributed by atoms with E-state index in [1.807, 2.05) is 6.08 Å². The Balaban J connectivity index is 4.23. The van der Waals surface area contributed by atoms with Gasteiger partial charge in [-0.25, -0.2) is 4.79 Å². The summed E-state index contributed by atoms with van der Waals surface area (Å²) in [5.41, 5.74) is 0. The van der Waals surface area contributed by atoms with Gasteiger partial charge in [-0.15, -0.1) is 0 Å². The van der Waals surface area contributed by atoms with Crippen LogP contribution in [0.2, 0.25) is 0 Å². The summed E-state index contributed by atoms with van der Waals surface area (Å²) in [4.78, 5) is 47.5. The maximum Gasteiger partial charge on any atom is 0.328 e. The number of esters is 1. The number of rotatable bonds is 38. The van der Waals surface area contributed by atoms with Crippen LogP contribution in [-0.2, 0) is 23.9 Å². The molecule has 0 saturated heterocycles. The van der Waals surface area contributed by atoms with Crippen LogP contribution in [-0.4, -0.2) is 59.3 Å². The molecule has 2 amide bonds. The second kappa shape index (κ2) is 39.5. The van der Waals surface area contributed by atoms with E-state index < -0.39 is 24.5 Å². The fraction of sp³-hybridized carbons (Fsp3) is 0.733. The third kappa shape index (κ3) is 35.8. The van der Waals surface area contributed by atoms with Gasteiger partial charge in [0.15, 0.2) is 0 Å². The molecule has 0 fully saturated rings.